The van der Waals surface area contributed by atoms with Crippen LogP contribution < -0.4 is 0 Å². The van der Waals surface area contributed by atoms with Gasteiger partial charge in [0.05, 0.1) is 12.9 Å². The Morgan fingerprint density at radius 1 is 0.941 bits per heavy atom. The van der Waals surface area contributed by atoms with Crippen LogP contribution in [0.4, 0.5) is 0 Å². The maximum atomic E-state index is 9.88. The molecule has 1 spiro atoms. The Balaban J connectivity index is 0.0000000947. The van der Waals surface area contributed by atoms with Crippen LogP contribution in [-0.2, 0) is 16.0 Å². The summed E-state index contributed by atoms with van der Waals surface area (Å²) in [5, 5.41) is 0. The molecule has 2 nitrogen and oxygen atoms in total. The van der Waals surface area contributed by atoms with Gasteiger partial charge in [-0.25, -0.2) is 0 Å². The van der Waals surface area contributed by atoms with E-state index in [1.54, 1.807) is 48.2 Å². The Labute approximate surface area is 95.5 Å². The van der Waals surface area contributed by atoms with E-state index >= 15 is 0 Å². The molecule has 10 rings (SSSR count). The first kappa shape index (κ1) is 7.21. The summed E-state index contributed by atoms with van der Waals surface area (Å²) in [5.41, 5.74) is 0. The number of hydrogen-bond acceptors (Lipinski definition) is 3. The molecule has 10 saturated heterocycles. The average Bonchev–Trinajstić information content (AvgIpc) is 3.31. The second kappa shape index (κ2) is 0.596. The van der Waals surface area contributed by atoms with Crippen LogP contribution in [0.15, 0.2) is 0 Å². The van der Waals surface area contributed by atoms with E-state index in [9.17, 15) is 4.79 Å². The molecule has 0 saturated carbocycles. The van der Waals surface area contributed by atoms with Crippen LogP contribution in [0.2, 0.25) is 48.2 Å². The van der Waals surface area contributed by atoms with Gasteiger partial charge in [0.25, 0.3) is 0 Å². The van der Waals surface area contributed by atoms with E-state index < -0.39 is 6.51 Å². The van der Waals surface area contributed by atoms with E-state index in [0.717, 1.165) is 0 Å². The number of carbonyl (C=O) groups excluding carboxylic acids is 1. The number of methoxy groups -OCH3 is 1. The van der Waals surface area contributed by atoms with Gasteiger partial charge in [0, 0.05) is 0 Å². The molecule has 0 aromatic carbocycles. The van der Waals surface area contributed by atoms with E-state index in [1.807, 2.05) is 0 Å². The zero-order valence-corrected chi connectivity index (χ0v) is 11.6. The van der Waals surface area contributed by atoms with Crippen LogP contribution in [0.1, 0.15) is 0 Å². The molecule has 4 heteroatoms. The summed E-state index contributed by atoms with van der Waals surface area (Å²) in [4.78, 5) is 25.8. The van der Waals surface area contributed by atoms with Crippen molar-refractivity contribution in [3.05, 3.63) is 0 Å². The maximum absolute atomic E-state index is 9.88. The molecule has 10 aliphatic heterocycles. The van der Waals surface area contributed by atoms with Crippen molar-refractivity contribution < 1.29 is 16.0 Å². The predicted octanol–water partition coefficient (Wildman–Crippen LogP) is 3.46. The van der Waals surface area contributed by atoms with Gasteiger partial charge in [-0.1, -0.05) is 0 Å². The van der Waals surface area contributed by atoms with Crippen LogP contribution in [0.25, 0.3) is 0 Å². The van der Waals surface area contributed by atoms with Crippen molar-refractivity contribution in [2.24, 2.45) is 0 Å². The van der Waals surface area contributed by atoms with Crippen molar-refractivity contribution in [2.45, 2.75) is 48.2 Å². The molecule has 94 valence electrons. The Bertz CT molecular complexity index is 701. The van der Waals surface area contributed by atoms with Crippen molar-refractivity contribution >= 4 is 18.6 Å². The molecule has 17 heavy (non-hydrogen) atoms. The number of hydrogen-bond donors (Lipinski definition) is 1. The van der Waals surface area contributed by atoms with Gasteiger partial charge >= 0.3 is 60.6 Å². The molecular weight excluding hydrogens is 276 g/mol. The summed E-state index contributed by atoms with van der Waals surface area (Å²) in [6.45, 7) is -2.28. The normalized spacial score (nSPS) is 113. The fourth-order valence-corrected chi connectivity index (χ4v) is 88.2. The molecule has 0 amide bonds. The first-order valence-electron chi connectivity index (χ1n) is 6.86. The van der Waals surface area contributed by atoms with E-state index in [4.69, 9.17) is 0 Å². The number of ether oxygens (including phenoxy) is 1. The van der Waals surface area contributed by atoms with Crippen LogP contribution in [0, 0.1) is 0 Å². The van der Waals surface area contributed by atoms with Gasteiger partial charge in [0.1, 0.15) is 0 Å². The van der Waals surface area contributed by atoms with Gasteiger partial charge in [0.2, 0.25) is 0 Å². The van der Waals surface area contributed by atoms with Crippen LogP contribution in [0.5, 0.6) is 0 Å². The Morgan fingerprint density at radius 2 is 1.24 bits per heavy atom. The van der Waals surface area contributed by atoms with Crippen LogP contribution in [-0.4, -0.2) is 18.8 Å². The second-order valence-corrected chi connectivity index (χ2v) is 34.6. The summed E-state index contributed by atoms with van der Waals surface area (Å²) in [6.07, 6.45) is 0. The second-order valence-electron chi connectivity index (χ2n) is 10.3. The van der Waals surface area contributed by atoms with Crippen molar-refractivity contribution in [1.29, 1.82) is 0 Å². The van der Waals surface area contributed by atoms with Crippen molar-refractivity contribution in [3.8, 4) is 0 Å². The van der Waals surface area contributed by atoms with Gasteiger partial charge in [-0.3, -0.25) is 4.79 Å². The van der Waals surface area contributed by atoms with Crippen molar-refractivity contribution in [2.75, 3.05) is 12.9 Å². The average molecular weight is 292 g/mol. The van der Waals surface area contributed by atoms with Gasteiger partial charge in [-0.05, 0) is 0 Å². The van der Waals surface area contributed by atoms with Gasteiger partial charge in [-0.15, -0.1) is 0 Å². The molecule has 0 aromatic heterocycles. The standard InChI is InChI=1S/2C5H5.C3H6O2S.Fe/c2*1-2-4-5-3-1;1-5-3(4)2-6;/h2*1-5H;6H,2H2,1H3;. The Morgan fingerprint density at radius 3 is 1.24 bits per heavy atom. The molecule has 10 heterocycles. The number of rotatable bonds is 1. The van der Waals surface area contributed by atoms with Gasteiger partial charge in [0.15, 0.2) is 0 Å². The monoisotopic (exact) mass is 292 g/mol. The van der Waals surface area contributed by atoms with Crippen molar-refractivity contribution in [3.63, 3.8) is 0 Å². The molecule has 0 aromatic rings. The van der Waals surface area contributed by atoms with Crippen LogP contribution in [0.3, 0.4) is 0 Å². The third-order valence-corrected chi connectivity index (χ3v) is 57.1. The molecule has 0 N–H and O–H groups in total. The fraction of sp³-hybridized carbons (Fsp3) is 0.923. The molecule has 0 radical (unpaired) electrons. The summed E-state index contributed by atoms with van der Waals surface area (Å²) in [7, 11) is 1.33. The third kappa shape index (κ3) is 0.0805. The van der Waals surface area contributed by atoms with E-state index in [1.165, 1.54) is 7.11 Å². The molecule has 10 aliphatic rings. The van der Waals surface area contributed by atoms with E-state index in [2.05, 4.69) is 17.4 Å². The minimum absolute atomic E-state index is 0.163. The molecule has 10 fully saturated rings. The number of esters is 1. The molecule has 0 unspecified atom stereocenters. The summed E-state index contributed by atoms with van der Waals surface area (Å²) in [6, 6.07) is 0. The Hall–Kier alpha value is 0.339. The molecule has 0 atom stereocenters. The number of carbonyl (C=O) groups is 1. The van der Waals surface area contributed by atoms with E-state index in [-0.39, 0.29) is 11.7 Å². The zero-order chi connectivity index (χ0) is 11.1. The molecular formula is C13H16FeO2S. The van der Waals surface area contributed by atoms with E-state index in [0.29, 0.717) is 0 Å². The van der Waals surface area contributed by atoms with Crippen LogP contribution >= 0.6 is 12.6 Å². The summed E-state index contributed by atoms with van der Waals surface area (Å²) >= 11 is 3.62. The summed E-state index contributed by atoms with van der Waals surface area (Å²) in [5.74, 6) is -0.130. The van der Waals surface area contributed by atoms with Gasteiger partial charge in [-0.2, -0.15) is 12.6 Å². The SMILES string of the molecule is COC(=O)CS.[CH]12[CH]3[CH]4[CH]5[CH]1[Fe]23451678[CH]2[CH]1[CH]6[CH]7[CH]28. The fourth-order valence-electron chi connectivity index (χ4n) is 15.9. The predicted molar refractivity (Wildman–Crippen MR) is 63.4 cm³/mol. The van der Waals surface area contributed by atoms with Gasteiger partial charge < -0.3 is 4.74 Å². The summed E-state index contributed by atoms with van der Waals surface area (Å²) < 4.78 is 4.18. The topological polar surface area (TPSA) is 26.3 Å². The first-order valence-corrected chi connectivity index (χ1v) is 13.9. The minimum atomic E-state index is -2.28. The first-order chi connectivity index (χ1) is 7.97. The van der Waals surface area contributed by atoms with Crippen molar-refractivity contribution in [1.82, 2.24) is 0 Å². The molecule has 0 aliphatic carbocycles. The quantitative estimate of drug-likeness (QED) is 0.455. The Kier molecular flexibility index (Phi) is 0.253. The zero-order valence-electron chi connectivity index (χ0n) is 9.60. The third-order valence-electron chi connectivity index (χ3n) is 14.9. The number of thiol groups is 1. The molecule has 0 bridgehead atoms. The number of fused-ring (bicyclic) bond motifs is 10.